The molecule has 8 atom stereocenters. The molecule has 418 valence electrons. The Morgan fingerprint density at radius 3 is 1.47 bits per heavy atom. The van der Waals surface area contributed by atoms with Crippen LogP contribution in [0.2, 0.25) is 0 Å². The molecule has 1 aliphatic heterocycles. The van der Waals surface area contributed by atoms with Gasteiger partial charge in [-0.1, -0.05) is 13.8 Å². The summed E-state index contributed by atoms with van der Waals surface area (Å²) in [6, 6.07) is -11.5. The quantitative estimate of drug-likeness (QED) is 0.0159. The third kappa shape index (κ3) is 25.2. The molecule has 1 fully saturated rings. The monoisotopic (exact) mass is 1060 g/mol. The van der Waals surface area contributed by atoms with Gasteiger partial charge in [0.25, 0.3) is 0 Å². The molecular weight excluding hydrogens is 981 g/mol. The Hall–Kier alpha value is -7.61. The summed E-state index contributed by atoms with van der Waals surface area (Å²) in [7, 11) is 0. The topological polar surface area (TPSA) is 558 Å². The second-order valence-corrected chi connectivity index (χ2v) is 17.6. The Balaban J connectivity index is 3.28. The molecule has 74 heavy (non-hydrogen) atoms. The fourth-order valence-electron chi connectivity index (χ4n) is 7.21. The van der Waals surface area contributed by atoms with Gasteiger partial charge in [0.1, 0.15) is 42.3 Å². The fourth-order valence-corrected chi connectivity index (χ4v) is 7.21. The van der Waals surface area contributed by atoms with Crippen molar-refractivity contribution in [3.05, 3.63) is 0 Å². The predicted octanol–water partition coefficient (Wildman–Crippen LogP) is -8.53. The summed E-state index contributed by atoms with van der Waals surface area (Å²) in [5.74, 6) is -11.2. The number of carboxylic acids is 2. The summed E-state index contributed by atoms with van der Waals surface area (Å²) < 4.78 is 0. The van der Waals surface area contributed by atoms with Crippen molar-refractivity contribution >= 4 is 77.1 Å². The first-order chi connectivity index (χ1) is 34.8. The van der Waals surface area contributed by atoms with Crippen molar-refractivity contribution in [2.45, 2.75) is 133 Å². The number of carbonyl (C=O) groups is 10. The standard InChI is InChI=1S/C42H76N18O14/c1-21(2)17-26(39(73)74)57-36(70)28(20-62)58-35(69)25(11-12-31(64)65)56-34(68)24(9-5-15-52-42(48)49)55-33(67)23(8-4-14-51-41(46)47)54-30(63)18-53-32(66)27(19-61)59-37(71)29-10-6-16-60(29)38(72)22(43)7-3-13-50-40(44)45/h21-29,61-62H,3-20,43H2,1-2H3,(H,53,66)(H,54,63)(H,55,67)(H,56,68)(H,57,70)(H,58,69)(H,59,71)(H,64,65)(H,73,74)(H4,44,45,50)(H4,46,47,51)(H4,48,49,52)/t22-,23-,24-,25-,26-,27-,28-,29-/m0/s1. The number of hydrogen-bond acceptors (Lipinski definition) is 16. The van der Waals surface area contributed by atoms with Gasteiger partial charge >= 0.3 is 11.9 Å². The summed E-state index contributed by atoms with van der Waals surface area (Å²) in [6.07, 6.45) is -0.308. The van der Waals surface area contributed by atoms with Crippen LogP contribution in [0.4, 0.5) is 0 Å². The average molecular weight is 1060 g/mol. The van der Waals surface area contributed by atoms with Crippen molar-refractivity contribution in [1.29, 1.82) is 0 Å². The third-order valence-corrected chi connectivity index (χ3v) is 11.0. The van der Waals surface area contributed by atoms with E-state index in [0.717, 1.165) is 0 Å². The minimum absolute atomic E-state index is 0.000945. The molecule has 32 nitrogen and oxygen atoms in total. The number of likely N-dealkylation sites (tertiary alicyclic amines) is 1. The first-order valence-electron chi connectivity index (χ1n) is 23.8. The number of guanidine groups is 3. The van der Waals surface area contributed by atoms with Crippen LogP contribution in [-0.2, 0) is 47.9 Å². The average Bonchev–Trinajstić information content (AvgIpc) is 3.82. The third-order valence-electron chi connectivity index (χ3n) is 11.0. The minimum Gasteiger partial charge on any atom is -0.481 e. The first kappa shape index (κ1) is 64.4. The van der Waals surface area contributed by atoms with Crippen molar-refractivity contribution < 1.29 is 68.4 Å². The van der Waals surface area contributed by atoms with Crippen LogP contribution in [0, 0.1) is 5.92 Å². The molecule has 0 radical (unpaired) electrons. The lowest BCUT2D eigenvalue weighted by atomic mass is 10.0. The molecule has 32 heteroatoms. The number of aliphatic hydroxyl groups is 2. The van der Waals surface area contributed by atoms with Gasteiger partial charge in [-0.2, -0.15) is 0 Å². The molecular formula is C42H76N18O14. The summed E-state index contributed by atoms with van der Waals surface area (Å²) in [6.45, 7) is 0.983. The van der Waals surface area contributed by atoms with Gasteiger partial charge in [0.15, 0.2) is 17.9 Å². The maximum Gasteiger partial charge on any atom is 0.326 e. The van der Waals surface area contributed by atoms with Gasteiger partial charge in [-0.3, -0.25) is 58.1 Å². The lowest BCUT2D eigenvalue weighted by Gasteiger charge is -2.28. The molecule has 0 aliphatic carbocycles. The molecule has 0 unspecified atom stereocenters. The van der Waals surface area contributed by atoms with Crippen LogP contribution in [0.1, 0.15) is 84.5 Å². The van der Waals surface area contributed by atoms with E-state index in [4.69, 9.17) is 40.1 Å². The van der Waals surface area contributed by atoms with Crippen LogP contribution in [0.15, 0.2) is 15.0 Å². The molecule has 0 saturated carbocycles. The van der Waals surface area contributed by atoms with E-state index in [-0.39, 0.29) is 94.9 Å². The molecule has 25 N–H and O–H groups in total. The van der Waals surface area contributed by atoms with E-state index in [9.17, 15) is 68.4 Å². The van der Waals surface area contributed by atoms with Crippen LogP contribution in [0.5, 0.6) is 0 Å². The number of aliphatic carboxylic acids is 2. The number of carboxylic acid groups (broad SMARTS) is 2. The van der Waals surface area contributed by atoms with Gasteiger partial charge in [-0.05, 0) is 70.1 Å². The number of nitrogens with two attached hydrogens (primary N) is 7. The molecule has 1 heterocycles. The van der Waals surface area contributed by atoms with E-state index in [1.54, 1.807) is 13.8 Å². The number of carbonyl (C=O) groups excluding carboxylic acids is 8. The molecule has 1 rings (SSSR count). The lowest BCUT2D eigenvalue weighted by molar-refractivity contribution is -0.143. The number of aliphatic hydroxyl groups excluding tert-OH is 2. The first-order valence-corrected chi connectivity index (χ1v) is 23.8. The van der Waals surface area contributed by atoms with Crippen molar-refractivity contribution in [3.8, 4) is 0 Å². The van der Waals surface area contributed by atoms with E-state index in [1.165, 1.54) is 4.90 Å². The zero-order valence-electron chi connectivity index (χ0n) is 41.6. The van der Waals surface area contributed by atoms with Gasteiger partial charge in [-0.15, -0.1) is 0 Å². The summed E-state index contributed by atoms with van der Waals surface area (Å²) in [5, 5.41) is 55.3. The van der Waals surface area contributed by atoms with Crippen LogP contribution >= 0.6 is 0 Å². The maximum atomic E-state index is 14.0. The highest BCUT2D eigenvalue weighted by molar-refractivity contribution is 5.97. The second kappa shape index (κ2) is 33.9. The second-order valence-electron chi connectivity index (χ2n) is 17.6. The maximum absolute atomic E-state index is 14.0. The van der Waals surface area contributed by atoms with Crippen LogP contribution in [0.25, 0.3) is 0 Å². The van der Waals surface area contributed by atoms with Crippen molar-refractivity contribution in [1.82, 2.24) is 42.1 Å². The van der Waals surface area contributed by atoms with E-state index < -0.39 is 140 Å². The number of aliphatic imine (C=N–C) groups is 3. The normalized spacial score (nSPS) is 15.8. The molecule has 1 aliphatic rings. The van der Waals surface area contributed by atoms with Crippen molar-refractivity contribution in [2.24, 2.45) is 61.0 Å². The smallest absolute Gasteiger partial charge is 0.326 e. The zero-order chi connectivity index (χ0) is 56.1. The van der Waals surface area contributed by atoms with Gasteiger partial charge in [0.2, 0.25) is 47.3 Å². The van der Waals surface area contributed by atoms with Crippen LogP contribution in [-0.4, -0.2) is 197 Å². The van der Waals surface area contributed by atoms with E-state index in [2.05, 4.69) is 52.2 Å². The molecule has 8 amide bonds. The number of amides is 8. The number of nitrogens with zero attached hydrogens (tertiary/aromatic N) is 4. The Bertz CT molecular complexity index is 2010. The van der Waals surface area contributed by atoms with E-state index >= 15 is 0 Å². The Morgan fingerprint density at radius 2 is 1.01 bits per heavy atom. The molecule has 0 aromatic rings. The summed E-state index contributed by atoms with van der Waals surface area (Å²) in [4.78, 5) is 143. The van der Waals surface area contributed by atoms with E-state index in [1.807, 2.05) is 0 Å². The molecule has 1 saturated heterocycles. The highest BCUT2D eigenvalue weighted by Gasteiger charge is 2.38. The minimum atomic E-state index is -1.75. The number of hydrogen-bond donors (Lipinski definition) is 18. The predicted molar refractivity (Wildman–Crippen MR) is 265 cm³/mol. The van der Waals surface area contributed by atoms with Gasteiger partial charge < -0.3 is 103 Å². The van der Waals surface area contributed by atoms with Gasteiger partial charge in [0, 0.05) is 32.6 Å². The van der Waals surface area contributed by atoms with Gasteiger partial charge in [-0.25, -0.2) is 4.79 Å². The lowest BCUT2D eigenvalue weighted by Crippen LogP contribution is -2.59. The van der Waals surface area contributed by atoms with Crippen LogP contribution in [0.3, 0.4) is 0 Å². The Morgan fingerprint density at radius 1 is 0.581 bits per heavy atom. The van der Waals surface area contributed by atoms with Crippen molar-refractivity contribution in [3.63, 3.8) is 0 Å². The summed E-state index contributed by atoms with van der Waals surface area (Å²) >= 11 is 0. The molecule has 0 spiro atoms. The Labute approximate surface area is 426 Å². The SMILES string of the molecule is CC(C)C[C@H](NC(=O)[C@H](CO)NC(=O)[C@H](CCC(=O)O)NC(=O)[C@H](CCCN=C(N)N)NC(=O)[C@H](CCCN=C(N)N)NC(=O)CNC(=O)[C@H](CO)NC(=O)[C@@H]1CCCN1C(=O)[C@@H](N)CCCN=C(N)N)C(=O)O. The highest BCUT2D eigenvalue weighted by Crippen LogP contribution is 2.19. The Kier molecular flexibility index (Phi) is 29.5. The van der Waals surface area contributed by atoms with Crippen molar-refractivity contribution in [2.75, 3.05) is 45.9 Å². The zero-order valence-corrected chi connectivity index (χ0v) is 41.6. The number of rotatable bonds is 35. The summed E-state index contributed by atoms with van der Waals surface area (Å²) in [5.41, 5.74) is 38.4. The number of nitrogens with one attached hydrogen (secondary N) is 7. The highest BCUT2D eigenvalue weighted by atomic mass is 16.4. The molecule has 0 bridgehead atoms. The largest absolute Gasteiger partial charge is 0.481 e. The molecule has 0 aromatic heterocycles. The van der Waals surface area contributed by atoms with Gasteiger partial charge in [0.05, 0.1) is 25.8 Å². The fraction of sp³-hybridized carbons (Fsp3) is 0.690. The van der Waals surface area contributed by atoms with E-state index in [0.29, 0.717) is 12.8 Å². The van der Waals surface area contributed by atoms with Crippen LogP contribution < -0.4 is 77.4 Å². The molecule has 0 aromatic carbocycles.